The molecule has 1 aromatic rings. The minimum atomic E-state index is -0.898. The van der Waals surface area contributed by atoms with Crippen LogP contribution in [0.2, 0.25) is 0 Å². The Labute approximate surface area is 93.3 Å². The van der Waals surface area contributed by atoms with E-state index in [-0.39, 0.29) is 12.2 Å². The summed E-state index contributed by atoms with van der Waals surface area (Å²) in [6.07, 6.45) is 1.58. The molecule has 0 aromatic heterocycles. The van der Waals surface area contributed by atoms with Crippen molar-refractivity contribution in [1.29, 1.82) is 0 Å². The van der Waals surface area contributed by atoms with Gasteiger partial charge in [0, 0.05) is 12.6 Å². The molecule has 0 aliphatic carbocycles. The Bertz CT molecular complexity index is 402. The van der Waals surface area contributed by atoms with Crippen molar-refractivity contribution in [2.24, 2.45) is 4.99 Å². The Hall–Kier alpha value is -1.55. The van der Waals surface area contributed by atoms with Gasteiger partial charge in [0.05, 0.1) is 18.9 Å². The second kappa shape index (κ2) is 6.12. The molecule has 0 N–H and O–H groups in total. The van der Waals surface area contributed by atoms with E-state index in [2.05, 4.69) is 11.6 Å². The predicted octanol–water partition coefficient (Wildman–Crippen LogP) is 2.59. The van der Waals surface area contributed by atoms with Crippen LogP contribution in [0.25, 0.3) is 0 Å². The van der Waals surface area contributed by atoms with E-state index in [9.17, 15) is 8.78 Å². The van der Waals surface area contributed by atoms with E-state index in [1.807, 2.05) is 0 Å². The van der Waals surface area contributed by atoms with Crippen LogP contribution in [0.1, 0.15) is 5.56 Å². The molecule has 0 unspecified atom stereocenters. The normalized spacial score (nSPS) is 11.6. The van der Waals surface area contributed by atoms with Crippen LogP contribution in [0.3, 0.4) is 0 Å². The zero-order valence-electron chi connectivity index (χ0n) is 9.04. The SMILES string of the molecule is C=CCOC/C(=N\C)c1cccc(F)c1F. The summed E-state index contributed by atoms with van der Waals surface area (Å²) in [5.74, 6) is -1.78. The molecule has 0 atom stereocenters. The van der Waals surface area contributed by atoms with Gasteiger partial charge in [0.25, 0.3) is 0 Å². The quantitative estimate of drug-likeness (QED) is 0.429. The van der Waals surface area contributed by atoms with Gasteiger partial charge in [-0.2, -0.15) is 0 Å². The van der Waals surface area contributed by atoms with E-state index in [0.29, 0.717) is 12.3 Å². The first-order chi connectivity index (χ1) is 7.70. The summed E-state index contributed by atoms with van der Waals surface area (Å²) >= 11 is 0. The van der Waals surface area contributed by atoms with Gasteiger partial charge in [0.1, 0.15) is 0 Å². The molecular formula is C12H13F2NO. The second-order valence-corrected chi connectivity index (χ2v) is 3.08. The summed E-state index contributed by atoms with van der Waals surface area (Å²) in [5.41, 5.74) is 0.505. The minimum absolute atomic E-state index is 0.128. The van der Waals surface area contributed by atoms with Crippen molar-refractivity contribution in [1.82, 2.24) is 0 Å². The van der Waals surface area contributed by atoms with Crippen LogP contribution in [0.5, 0.6) is 0 Å². The third-order valence-corrected chi connectivity index (χ3v) is 2.01. The fraction of sp³-hybridized carbons (Fsp3) is 0.250. The average molecular weight is 225 g/mol. The van der Waals surface area contributed by atoms with Crippen LogP contribution in [0, 0.1) is 11.6 Å². The summed E-state index contributed by atoms with van der Waals surface area (Å²) in [6.45, 7) is 3.96. The standard InChI is InChI=1S/C12H13F2NO/c1-3-7-16-8-11(15-2)9-5-4-6-10(13)12(9)14/h3-6H,1,7-8H2,2H3/b15-11+. The summed E-state index contributed by atoms with van der Waals surface area (Å²) in [4.78, 5) is 3.88. The highest BCUT2D eigenvalue weighted by molar-refractivity contribution is 6.01. The molecule has 0 fully saturated rings. The summed E-state index contributed by atoms with van der Waals surface area (Å²) in [6, 6.07) is 3.97. The van der Waals surface area contributed by atoms with Crippen molar-refractivity contribution in [3.63, 3.8) is 0 Å². The molecule has 2 nitrogen and oxygen atoms in total. The number of aliphatic imine (C=N–C) groups is 1. The zero-order valence-corrected chi connectivity index (χ0v) is 9.04. The molecule has 0 heterocycles. The molecule has 0 bridgehead atoms. The molecule has 0 saturated heterocycles. The van der Waals surface area contributed by atoms with Crippen LogP contribution in [0.4, 0.5) is 8.78 Å². The highest BCUT2D eigenvalue weighted by Crippen LogP contribution is 2.12. The van der Waals surface area contributed by atoms with E-state index in [1.165, 1.54) is 19.2 Å². The van der Waals surface area contributed by atoms with E-state index in [0.717, 1.165) is 6.07 Å². The molecule has 0 spiro atoms. The van der Waals surface area contributed by atoms with Gasteiger partial charge in [-0.05, 0) is 12.1 Å². The number of hydrogen-bond acceptors (Lipinski definition) is 2. The Kier molecular flexibility index (Phi) is 4.79. The molecule has 0 saturated carbocycles. The van der Waals surface area contributed by atoms with Gasteiger partial charge in [0.15, 0.2) is 11.6 Å². The molecule has 1 rings (SSSR count). The fourth-order valence-corrected chi connectivity index (χ4v) is 1.23. The lowest BCUT2D eigenvalue weighted by Gasteiger charge is -2.07. The van der Waals surface area contributed by atoms with Gasteiger partial charge in [-0.15, -0.1) is 6.58 Å². The number of nitrogens with zero attached hydrogens (tertiary/aromatic N) is 1. The zero-order chi connectivity index (χ0) is 12.0. The second-order valence-electron chi connectivity index (χ2n) is 3.08. The third kappa shape index (κ3) is 2.97. The number of benzene rings is 1. The Balaban J connectivity index is 2.88. The number of ether oxygens (including phenoxy) is 1. The lowest BCUT2D eigenvalue weighted by atomic mass is 10.1. The van der Waals surface area contributed by atoms with Crippen LogP contribution in [0.15, 0.2) is 35.8 Å². The molecule has 1 aromatic carbocycles. The maximum atomic E-state index is 13.4. The molecule has 86 valence electrons. The van der Waals surface area contributed by atoms with Crippen molar-refractivity contribution in [2.45, 2.75) is 0 Å². The van der Waals surface area contributed by atoms with Gasteiger partial charge in [-0.1, -0.05) is 12.1 Å². The Morgan fingerprint density at radius 1 is 1.50 bits per heavy atom. The smallest absolute Gasteiger partial charge is 0.167 e. The van der Waals surface area contributed by atoms with E-state index in [1.54, 1.807) is 6.08 Å². The monoisotopic (exact) mass is 225 g/mol. The lowest BCUT2D eigenvalue weighted by molar-refractivity contribution is 0.204. The highest BCUT2D eigenvalue weighted by Gasteiger charge is 2.12. The maximum Gasteiger partial charge on any atom is 0.167 e. The number of halogens is 2. The largest absolute Gasteiger partial charge is 0.371 e. The van der Waals surface area contributed by atoms with E-state index in [4.69, 9.17) is 4.74 Å². The van der Waals surface area contributed by atoms with Crippen LogP contribution in [-0.2, 0) is 4.74 Å². The first-order valence-corrected chi connectivity index (χ1v) is 4.79. The summed E-state index contributed by atoms with van der Waals surface area (Å²) < 4.78 is 31.5. The van der Waals surface area contributed by atoms with Crippen molar-refractivity contribution >= 4 is 5.71 Å². The molecule has 0 aliphatic heterocycles. The molecule has 0 amide bonds. The van der Waals surface area contributed by atoms with E-state index >= 15 is 0 Å². The molecule has 16 heavy (non-hydrogen) atoms. The predicted molar refractivity (Wildman–Crippen MR) is 59.8 cm³/mol. The fourth-order valence-electron chi connectivity index (χ4n) is 1.23. The first kappa shape index (κ1) is 12.5. The third-order valence-electron chi connectivity index (χ3n) is 2.01. The number of rotatable bonds is 5. The average Bonchev–Trinajstić information content (AvgIpc) is 2.29. The lowest BCUT2D eigenvalue weighted by Crippen LogP contribution is -2.13. The minimum Gasteiger partial charge on any atom is -0.371 e. The van der Waals surface area contributed by atoms with Crippen LogP contribution >= 0.6 is 0 Å². The van der Waals surface area contributed by atoms with Gasteiger partial charge >= 0.3 is 0 Å². The van der Waals surface area contributed by atoms with Crippen molar-refractivity contribution < 1.29 is 13.5 Å². The first-order valence-electron chi connectivity index (χ1n) is 4.79. The van der Waals surface area contributed by atoms with Crippen molar-refractivity contribution in [3.05, 3.63) is 48.1 Å². The molecule has 4 heteroatoms. The van der Waals surface area contributed by atoms with Crippen LogP contribution in [-0.4, -0.2) is 26.0 Å². The van der Waals surface area contributed by atoms with Crippen LogP contribution < -0.4 is 0 Å². The highest BCUT2D eigenvalue weighted by atomic mass is 19.2. The number of hydrogen-bond donors (Lipinski definition) is 0. The molecule has 0 radical (unpaired) electrons. The van der Waals surface area contributed by atoms with Gasteiger partial charge < -0.3 is 4.74 Å². The van der Waals surface area contributed by atoms with Gasteiger partial charge in [-0.25, -0.2) is 8.78 Å². The topological polar surface area (TPSA) is 21.6 Å². The maximum absolute atomic E-state index is 13.4. The van der Waals surface area contributed by atoms with Gasteiger partial charge in [-0.3, -0.25) is 4.99 Å². The molecular weight excluding hydrogens is 212 g/mol. The summed E-state index contributed by atoms with van der Waals surface area (Å²) in [7, 11) is 1.51. The Morgan fingerprint density at radius 3 is 2.88 bits per heavy atom. The van der Waals surface area contributed by atoms with E-state index < -0.39 is 11.6 Å². The Morgan fingerprint density at radius 2 is 2.25 bits per heavy atom. The van der Waals surface area contributed by atoms with Crippen molar-refractivity contribution in [3.8, 4) is 0 Å². The van der Waals surface area contributed by atoms with Crippen molar-refractivity contribution in [2.75, 3.05) is 20.3 Å². The molecule has 0 aliphatic rings. The van der Waals surface area contributed by atoms with Gasteiger partial charge in [0.2, 0.25) is 0 Å². The summed E-state index contributed by atoms with van der Waals surface area (Å²) in [5, 5.41) is 0.